The SMILES string of the molecule is CN1CC(=Cc2ccccc2)C2=NN(C(N)=S)[C@H](c3ccccc3)[C@@H]2C1. The molecule has 0 spiro atoms. The molecule has 5 heteroatoms. The smallest absolute Gasteiger partial charge is 0.187 e. The number of hydrogen-bond acceptors (Lipinski definition) is 3. The van der Waals surface area contributed by atoms with Gasteiger partial charge in [0.05, 0.1) is 11.8 Å². The molecule has 0 bridgehead atoms. The van der Waals surface area contributed by atoms with E-state index in [4.69, 9.17) is 23.1 Å². The fraction of sp³-hybridized carbons (Fsp3) is 0.238. The summed E-state index contributed by atoms with van der Waals surface area (Å²) < 4.78 is 0. The maximum atomic E-state index is 6.03. The minimum absolute atomic E-state index is 0.0469. The molecule has 2 aromatic rings. The fourth-order valence-corrected chi connectivity index (χ4v) is 4.07. The van der Waals surface area contributed by atoms with Crippen molar-refractivity contribution < 1.29 is 0 Å². The molecule has 0 aromatic heterocycles. The molecule has 0 aliphatic carbocycles. The molecule has 2 aliphatic heterocycles. The lowest BCUT2D eigenvalue weighted by atomic mass is 9.83. The van der Waals surface area contributed by atoms with E-state index in [1.165, 1.54) is 16.7 Å². The van der Waals surface area contributed by atoms with E-state index in [0.29, 0.717) is 5.11 Å². The van der Waals surface area contributed by atoms with Crippen LogP contribution in [0.25, 0.3) is 6.08 Å². The normalized spacial score (nSPS) is 24.4. The zero-order chi connectivity index (χ0) is 18.1. The van der Waals surface area contributed by atoms with E-state index in [-0.39, 0.29) is 12.0 Å². The third kappa shape index (κ3) is 3.16. The Hall–Kier alpha value is -2.50. The average Bonchev–Trinajstić information content (AvgIpc) is 3.03. The van der Waals surface area contributed by atoms with Crippen LogP contribution in [0.1, 0.15) is 17.2 Å². The predicted molar refractivity (Wildman–Crippen MR) is 111 cm³/mol. The van der Waals surface area contributed by atoms with Crippen molar-refractivity contribution in [3.63, 3.8) is 0 Å². The van der Waals surface area contributed by atoms with Crippen LogP contribution in [0.15, 0.2) is 71.3 Å². The van der Waals surface area contributed by atoms with Gasteiger partial charge in [-0.05, 0) is 42.0 Å². The third-order valence-corrected chi connectivity index (χ3v) is 5.18. The summed E-state index contributed by atoms with van der Waals surface area (Å²) in [4.78, 5) is 2.34. The summed E-state index contributed by atoms with van der Waals surface area (Å²) in [5, 5.41) is 7.01. The molecule has 1 saturated heterocycles. The van der Waals surface area contributed by atoms with Gasteiger partial charge in [0.1, 0.15) is 0 Å². The van der Waals surface area contributed by atoms with Gasteiger partial charge in [0, 0.05) is 19.0 Å². The van der Waals surface area contributed by atoms with Gasteiger partial charge < -0.3 is 10.6 Å². The van der Waals surface area contributed by atoms with E-state index in [1.54, 1.807) is 0 Å². The molecule has 0 amide bonds. The molecule has 26 heavy (non-hydrogen) atoms. The molecule has 4 nitrogen and oxygen atoms in total. The Labute approximate surface area is 159 Å². The van der Waals surface area contributed by atoms with Gasteiger partial charge in [0.25, 0.3) is 0 Å². The highest BCUT2D eigenvalue weighted by molar-refractivity contribution is 7.80. The standard InChI is InChI=1S/C21H22N4S/c1-24-13-17(12-15-8-4-2-5-9-15)19-18(14-24)20(25(23-19)21(22)26)16-10-6-3-7-11-16/h2-12,18,20H,13-14H2,1H3,(H2,22,26)/t18-,20-/m1/s1. The topological polar surface area (TPSA) is 44.9 Å². The number of nitrogens with two attached hydrogens (primary N) is 1. The number of thiocarbonyl (C=S) groups is 1. The summed E-state index contributed by atoms with van der Waals surface area (Å²) in [6.07, 6.45) is 2.23. The number of nitrogens with zero attached hydrogens (tertiary/aromatic N) is 3. The molecule has 1 fully saturated rings. The molecule has 2 atom stereocenters. The van der Waals surface area contributed by atoms with Crippen molar-refractivity contribution in [2.45, 2.75) is 6.04 Å². The van der Waals surface area contributed by atoms with Crippen molar-refractivity contribution in [3.05, 3.63) is 77.4 Å². The molecule has 0 saturated carbocycles. The second kappa shape index (κ2) is 7.02. The summed E-state index contributed by atoms with van der Waals surface area (Å²) >= 11 is 5.32. The minimum atomic E-state index is 0.0469. The van der Waals surface area contributed by atoms with Gasteiger partial charge in [-0.2, -0.15) is 5.10 Å². The van der Waals surface area contributed by atoms with Gasteiger partial charge in [-0.15, -0.1) is 0 Å². The van der Waals surface area contributed by atoms with Crippen LogP contribution in [0.4, 0.5) is 0 Å². The Morgan fingerprint density at radius 2 is 1.77 bits per heavy atom. The van der Waals surface area contributed by atoms with Crippen molar-refractivity contribution in [3.8, 4) is 0 Å². The molecular weight excluding hydrogens is 340 g/mol. The second-order valence-electron chi connectivity index (χ2n) is 6.91. The van der Waals surface area contributed by atoms with Crippen molar-refractivity contribution >= 4 is 29.1 Å². The first-order valence-corrected chi connectivity index (χ1v) is 9.21. The maximum absolute atomic E-state index is 6.03. The van der Waals surface area contributed by atoms with Crippen LogP contribution in [0, 0.1) is 5.92 Å². The molecule has 2 aromatic carbocycles. The lowest BCUT2D eigenvalue weighted by Crippen LogP contribution is -2.42. The zero-order valence-electron chi connectivity index (χ0n) is 14.7. The Balaban J connectivity index is 1.77. The lowest BCUT2D eigenvalue weighted by Gasteiger charge is -2.34. The number of hydrazone groups is 1. The summed E-state index contributed by atoms with van der Waals surface area (Å²) in [7, 11) is 2.15. The first-order valence-electron chi connectivity index (χ1n) is 8.80. The van der Waals surface area contributed by atoms with Crippen LogP contribution in [-0.2, 0) is 0 Å². The van der Waals surface area contributed by atoms with E-state index in [9.17, 15) is 0 Å². The maximum Gasteiger partial charge on any atom is 0.187 e. The fourth-order valence-electron chi connectivity index (χ4n) is 3.91. The van der Waals surface area contributed by atoms with Crippen LogP contribution in [0.2, 0.25) is 0 Å². The number of piperidine rings is 1. The van der Waals surface area contributed by atoms with Crippen LogP contribution in [0.3, 0.4) is 0 Å². The number of fused-ring (bicyclic) bond motifs is 1. The Bertz CT molecular complexity index is 860. The molecule has 0 radical (unpaired) electrons. The largest absolute Gasteiger partial charge is 0.375 e. The number of likely N-dealkylation sites (tertiary alicyclic amines) is 1. The quantitative estimate of drug-likeness (QED) is 0.833. The zero-order valence-corrected chi connectivity index (χ0v) is 15.6. The highest BCUT2D eigenvalue weighted by atomic mass is 32.1. The first-order chi connectivity index (χ1) is 12.6. The number of likely N-dealkylation sites (N-methyl/N-ethyl adjacent to an activating group) is 1. The van der Waals surface area contributed by atoms with Gasteiger partial charge in [0.15, 0.2) is 5.11 Å². The predicted octanol–water partition coefficient (Wildman–Crippen LogP) is 3.29. The minimum Gasteiger partial charge on any atom is -0.375 e. The summed E-state index contributed by atoms with van der Waals surface area (Å²) in [5.74, 6) is 0.243. The van der Waals surface area contributed by atoms with Crippen molar-refractivity contribution in [1.82, 2.24) is 9.91 Å². The third-order valence-electron chi connectivity index (χ3n) is 5.00. The van der Waals surface area contributed by atoms with Gasteiger partial charge in [-0.1, -0.05) is 60.7 Å². The van der Waals surface area contributed by atoms with E-state index in [0.717, 1.165) is 18.8 Å². The van der Waals surface area contributed by atoms with E-state index in [1.807, 2.05) is 17.1 Å². The molecule has 0 unspecified atom stereocenters. The van der Waals surface area contributed by atoms with Crippen LogP contribution in [0.5, 0.6) is 0 Å². The monoisotopic (exact) mass is 362 g/mol. The van der Waals surface area contributed by atoms with E-state index >= 15 is 0 Å². The molecule has 132 valence electrons. The lowest BCUT2D eigenvalue weighted by molar-refractivity contribution is 0.249. The Kier molecular flexibility index (Phi) is 4.57. The second-order valence-corrected chi connectivity index (χ2v) is 7.33. The highest BCUT2D eigenvalue weighted by Crippen LogP contribution is 2.40. The highest BCUT2D eigenvalue weighted by Gasteiger charge is 2.43. The Morgan fingerprint density at radius 1 is 1.12 bits per heavy atom. The number of rotatable bonds is 2. The van der Waals surface area contributed by atoms with Gasteiger partial charge >= 0.3 is 0 Å². The summed E-state index contributed by atoms with van der Waals surface area (Å²) in [5.41, 5.74) is 10.7. The van der Waals surface area contributed by atoms with Crippen LogP contribution in [-0.4, -0.2) is 40.9 Å². The number of hydrogen-bond donors (Lipinski definition) is 1. The van der Waals surface area contributed by atoms with Gasteiger partial charge in [0.2, 0.25) is 0 Å². The van der Waals surface area contributed by atoms with Crippen LogP contribution < -0.4 is 5.73 Å². The van der Waals surface area contributed by atoms with E-state index in [2.05, 4.69) is 66.6 Å². The summed E-state index contributed by atoms with van der Waals surface area (Å²) in [6, 6.07) is 20.8. The molecule has 2 heterocycles. The van der Waals surface area contributed by atoms with Crippen molar-refractivity contribution in [2.24, 2.45) is 16.8 Å². The number of benzene rings is 2. The van der Waals surface area contributed by atoms with Crippen LogP contribution >= 0.6 is 12.2 Å². The summed E-state index contributed by atoms with van der Waals surface area (Å²) in [6.45, 7) is 1.81. The van der Waals surface area contributed by atoms with Gasteiger partial charge in [-0.25, -0.2) is 5.01 Å². The average molecular weight is 363 g/mol. The molecule has 4 rings (SSSR count). The van der Waals surface area contributed by atoms with E-state index < -0.39 is 0 Å². The van der Waals surface area contributed by atoms with Crippen molar-refractivity contribution in [2.75, 3.05) is 20.1 Å². The van der Waals surface area contributed by atoms with Crippen molar-refractivity contribution in [1.29, 1.82) is 0 Å². The Morgan fingerprint density at radius 3 is 2.42 bits per heavy atom. The molecule has 2 aliphatic rings. The molecule has 2 N–H and O–H groups in total. The van der Waals surface area contributed by atoms with Gasteiger partial charge in [-0.3, -0.25) is 0 Å². The molecular formula is C21H22N4S. The first kappa shape index (κ1) is 16.9.